The number of benzene rings is 2. The SMILES string of the molecule is [2H]C([2H])(Cc1cn(S(=O)(=O)c2ccc(OC)cc2)c2ccc(C3CC3)cc12)C(=O)O. The highest BCUT2D eigenvalue weighted by Crippen LogP contribution is 2.41. The van der Waals surface area contributed by atoms with Gasteiger partial charge in [-0.3, -0.25) is 4.79 Å². The molecule has 3 aromatic rings. The lowest BCUT2D eigenvalue weighted by Gasteiger charge is -2.09. The number of hydrogen-bond donors (Lipinski definition) is 1. The standard InChI is InChI=1S/C21H21NO5S/c1-27-17-6-8-18(9-7-17)28(25,26)22-13-16(5-11-21(23)24)19-12-15(14-2-3-14)4-10-20(19)22/h4,6-10,12-14H,2-3,5,11H2,1H3,(H,23,24)/i11D2. The van der Waals surface area contributed by atoms with Crippen molar-refractivity contribution < 1.29 is 25.8 Å². The van der Waals surface area contributed by atoms with E-state index in [4.69, 9.17) is 7.48 Å². The summed E-state index contributed by atoms with van der Waals surface area (Å²) in [5.74, 6) is -0.643. The van der Waals surface area contributed by atoms with Gasteiger partial charge in [-0.15, -0.1) is 0 Å². The highest BCUT2D eigenvalue weighted by molar-refractivity contribution is 7.90. The van der Waals surface area contributed by atoms with Crippen molar-refractivity contribution in [3.05, 3.63) is 59.8 Å². The maximum absolute atomic E-state index is 13.3. The molecule has 7 heteroatoms. The highest BCUT2D eigenvalue weighted by atomic mass is 32.2. The predicted molar refractivity (Wildman–Crippen MR) is 105 cm³/mol. The molecule has 1 aliphatic carbocycles. The van der Waals surface area contributed by atoms with Crippen molar-refractivity contribution in [1.82, 2.24) is 3.97 Å². The molecule has 0 saturated heterocycles. The average molecular weight is 401 g/mol. The van der Waals surface area contributed by atoms with Crippen LogP contribution in [-0.4, -0.2) is 30.6 Å². The Labute approximate surface area is 166 Å². The third-order valence-corrected chi connectivity index (χ3v) is 6.66. The van der Waals surface area contributed by atoms with Gasteiger partial charge in [-0.1, -0.05) is 6.07 Å². The first-order chi connectivity index (χ1) is 14.1. The molecule has 1 saturated carbocycles. The summed E-state index contributed by atoms with van der Waals surface area (Å²) >= 11 is 0. The molecule has 0 atom stereocenters. The quantitative estimate of drug-likeness (QED) is 0.651. The number of carbonyl (C=O) groups is 1. The lowest BCUT2D eigenvalue weighted by atomic mass is 10.0. The topological polar surface area (TPSA) is 85.6 Å². The first kappa shape index (κ1) is 16.2. The molecule has 1 aromatic heterocycles. The van der Waals surface area contributed by atoms with Crippen LogP contribution in [0.2, 0.25) is 0 Å². The summed E-state index contributed by atoms with van der Waals surface area (Å²) in [5, 5.41) is 9.77. The Morgan fingerprint density at radius 3 is 2.57 bits per heavy atom. The molecule has 2 aromatic carbocycles. The van der Waals surface area contributed by atoms with E-state index in [1.165, 1.54) is 25.4 Å². The summed E-state index contributed by atoms with van der Waals surface area (Å²) in [4.78, 5) is 11.4. The van der Waals surface area contributed by atoms with Crippen molar-refractivity contribution in [3.63, 3.8) is 0 Å². The number of carboxylic acids is 1. The Morgan fingerprint density at radius 1 is 1.25 bits per heavy atom. The Hall–Kier alpha value is -2.80. The molecule has 0 unspecified atom stereocenters. The number of aliphatic carboxylic acids is 1. The molecular formula is C21H21NO5S. The molecule has 1 N–H and O–H groups in total. The fraction of sp³-hybridized carbons (Fsp3) is 0.286. The van der Waals surface area contributed by atoms with Gasteiger partial charge in [0.15, 0.2) is 0 Å². The molecule has 0 radical (unpaired) electrons. The van der Waals surface area contributed by atoms with Crippen LogP contribution in [0.15, 0.2) is 53.6 Å². The van der Waals surface area contributed by atoms with Crippen LogP contribution in [0.3, 0.4) is 0 Å². The molecule has 6 nitrogen and oxygen atoms in total. The van der Waals surface area contributed by atoms with Gasteiger partial charge < -0.3 is 9.84 Å². The van der Waals surface area contributed by atoms with Crippen molar-refractivity contribution >= 4 is 26.9 Å². The van der Waals surface area contributed by atoms with E-state index in [-0.39, 0.29) is 4.90 Å². The van der Waals surface area contributed by atoms with E-state index in [9.17, 15) is 18.3 Å². The van der Waals surface area contributed by atoms with Gasteiger partial charge in [-0.25, -0.2) is 12.4 Å². The summed E-state index contributed by atoms with van der Waals surface area (Å²) in [5.41, 5.74) is 1.79. The van der Waals surface area contributed by atoms with Gasteiger partial charge >= 0.3 is 5.97 Å². The Morgan fingerprint density at radius 2 is 1.96 bits per heavy atom. The van der Waals surface area contributed by atoms with Gasteiger partial charge in [0.25, 0.3) is 10.0 Å². The predicted octanol–water partition coefficient (Wildman–Crippen LogP) is 3.78. The monoisotopic (exact) mass is 401 g/mol. The minimum atomic E-state index is -3.97. The normalized spacial score (nSPS) is 15.9. The zero-order chi connectivity index (χ0) is 21.7. The number of nitrogens with zero attached hydrogens (tertiary/aromatic N) is 1. The molecule has 4 rings (SSSR count). The largest absolute Gasteiger partial charge is 0.497 e. The van der Waals surface area contributed by atoms with Crippen molar-refractivity contribution in [2.24, 2.45) is 0 Å². The van der Waals surface area contributed by atoms with Crippen molar-refractivity contribution in [3.8, 4) is 5.75 Å². The van der Waals surface area contributed by atoms with Gasteiger partial charge in [0.2, 0.25) is 0 Å². The fourth-order valence-electron chi connectivity index (χ4n) is 3.33. The summed E-state index contributed by atoms with van der Waals surface area (Å²) in [6.07, 6.45) is 0.502. The Kier molecular flexibility index (Phi) is 4.03. The Bertz CT molecular complexity index is 1230. The van der Waals surface area contributed by atoms with E-state index in [1.54, 1.807) is 18.2 Å². The smallest absolute Gasteiger partial charge is 0.303 e. The third-order valence-electron chi connectivity index (χ3n) is 4.97. The van der Waals surface area contributed by atoms with E-state index >= 15 is 0 Å². The number of aryl methyl sites for hydroxylation is 1. The van der Waals surface area contributed by atoms with Crippen molar-refractivity contribution in [2.45, 2.75) is 36.4 Å². The molecule has 1 aliphatic rings. The second-order valence-corrected chi connectivity index (χ2v) is 8.66. The molecule has 1 heterocycles. The molecule has 0 amide bonds. The number of ether oxygens (including phenoxy) is 1. The van der Waals surface area contributed by atoms with E-state index in [1.807, 2.05) is 12.1 Å². The van der Waals surface area contributed by atoms with Crippen LogP contribution in [0.25, 0.3) is 10.9 Å². The first-order valence-corrected chi connectivity index (χ1v) is 10.3. The second-order valence-electron chi connectivity index (χ2n) is 6.84. The second kappa shape index (κ2) is 6.98. The van der Waals surface area contributed by atoms with E-state index in [0.29, 0.717) is 28.1 Å². The van der Waals surface area contributed by atoms with E-state index in [2.05, 4.69) is 0 Å². The minimum absolute atomic E-state index is 0.0549. The number of aromatic nitrogens is 1. The zero-order valence-electron chi connectivity index (χ0n) is 17.3. The molecular weight excluding hydrogens is 378 g/mol. The van der Waals surface area contributed by atoms with Crippen LogP contribution in [-0.2, 0) is 21.2 Å². The van der Waals surface area contributed by atoms with Gasteiger partial charge in [-0.05, 0) is 72.7 Å². The maximum atomic E-state index is 13.3. The number of hydrogen-bond acceptors (Lipinski definition) is 4. The summed E-state index contributed by atoms with van der Waals surface area (Å²) in [6, 6.07) is 11.4. The van der Waals surface area contributed by atoms with Crippen LogP contribution in [0.5, 0.6) is 5.75 Å². The molecule has 28 heavy (non-hydrogen) atoms. The number of carboxylic acid groups (broad SMARTS) is 1. The molecule has 1 fully saturated rings. The lowest BCUT2D eigenvalue weighted by Crippen LogP contribution is -2.11. The van der Waals surface area contributed by atoms with Crippen LogP contribution >= 0.6 is 0 Å². The van der Waals surface area contributed by atoms with E-state index in [0.717, 1.165) is 22.4 Å². The van der Waals surface area contributed by atoms with Gasteiger partial charge in [0.05, 0.1) is 17.5 Å². The third kappa shape index (κ3) is 3.38. The lowest BCUT2D eigenvalue weighted by molar-refractivity contribution is -0.136. The number of fused-ring (bicyclic) bond motifs is 1. The Balaban J connectivity index is 1.87. The minimum Gasteiger partial charge on any atom is -0.497 e. The molecule has 0 aliphatic heterocycles. The van der Waals surface area contributed by atoms with Crippen LogP contribution in [0.4, 0.5) is 0 Å². The summed E-state index contributed by atoms with van der Waals surface area (Å²) in [7, 11) is -2.48. The van der Waals surface area contributed by atoms with Gasteiger partial charge in [0, 0.05) is 20.7 Å². The molecule has 146 valence electrons. The number of rotatable bonds is 7. The van der Waals surface area contributed by atoms with Gasteiger partial charge in [-0.2, -0.15) is 0 Å². The van der Waals surface area contributed by atoms with Crippen LogP contribution < -0.4 is 4.74 Å². The van der Waals surface area contributed by atoms with Crippen molar-refractivity contribution in [1.29, 1.82) is 0 Å². The average Bonchev–Trinajstić information content (AvgIpc) is 3.50. The fourth-order valence-corrected chi connectivity index (χ4v) is 4.72. The molecule has 0 spiro atoms. The van der Waals surface area contributed by atoms with Crippen LogP contribution in [0, 0.1) is 0 Å². The first-order valence-electron chi connectivity index (χ1n) is 9.90. The summed E-state index contributed by atoms with van der Waals surface area (Å²) < 4.78 is 48.4. The summed E-state index contributed by atoms with van der Waals surface area (Å²) in [6.45, 7) is 0. The van der Waals surface area contributed by atoms with Crippen LogP contribution in [0.1, 0.15) is 39.0 Å². The number of methoxy groups -OCH3 is 1. The zero-order valence-corrected chi connectivity index (χ0v) is 16.1. The maximum Gasteiger partial charge on any atom is 0.303 e. The highest BCUT2D eigenvalue weighted by Gasteiger charge is 2.26. The van der Waals surface area contributed by atoms with E-state index < -0.39 is 28.8 Å². The molecule has 0 bridgehead atoms. The van der Waals surface area contributed by atoms with Gasteiger partial charge in [0.1, 0.15) is 5.75 Å². The van der Waals surface area contributed by atoms with Crippen molar-refractivity contribution in [2.75, 3.05) is 7.11 Å².